The SMILES string of the molecule is CO.COPC.COPO.CPC.O.[W].[W].[W].[Y].[Y]. The van der Waals surface area contributed by atoms with Crippen LogP contribution in [0.25, 0.3) is 0 Å². The van der Waals surface area contributed by atoms with Crippen LogP contribution in [0.1, 0.15) is 0 Å². The van der Waals surface area contributed by atoms with E-state index in [4.69, 9.17) is 10.00 Å². The van der Waals surface area contributed by atoms with Gasteiger partial charge in [-0.15, -0.1) is 8.58 Å². The van der Waals surface area contributed by atoms with Crippen LogP contribution in [0.2, 0.25) is 0 Å². The Morgan fingerprint density at radius 1 is 0.789 bits per heavy atom. The van der Waals surface area contributed by atoms with Gasteiger partial charge in [0.2, 0.25) is 0 Å². The van der Waals surface area contributed by atoms with E-state index in [1.807, 2.05) is 6.66 Å². The minimum atomic E-state index is -0.360. The molecule has 0 aliphatic heterocycles. The normalized spacial score (nSPS) is 5.68. The second kappa shape index (κ2) is 109. The van der Waals surface area contributed by atoms with Gasteiger partial charge in [0.05, 0.1) is 0 Å². The quantitative estimate of drug-likeness (QED) is 0.399. The van der Waals surface area contributed by atoms with Crippen molar-refractivity contribution in [3.8, 4) is 0 Å². The Labute approximate surface area is 217 Å². The summed E-state index contributed by atoms with van der Waals surface area (Å²) in [5, 5.41) is 7.00. The van der Waals surface area contributed by atoms with Crippen molar-refractivity contribution in [2.75, 3.05) is 41.3 Å². The Hall–Kier alpha value is 5.36. The third-order valence-electron chi connectivity index (χ3n) is 0.295. The maximum atomic E-state index is 7.68. The topological polar surface area (TPSA) is 90.4 Å². The van der Waals surface area contributed by atoms with Gasteiger partial charge in [0.15, 0.2) is 9.03 Å². The van der Waals surface area contributed by atoms with E-state index in [-0.39, 0.29) is 143 Å². The van der Waals surface area contributed by atoms with E-state index in [0.717, 1.165) is 15.7 Å². The molecular weight excluding hydrogens is 974 g/mol. The number of rotatable bonds is 2. The summed E-state index contributed by atoms with van der Waals surface area (Å²) < 4.78 is 8.69. The van der Waals surface area contributed by atoms with Crippen molar-refractivity contribution < 1.29 is 153 Å². The van der Waals surface area contributed by atoms with Crippen LogP contribution < -0.4 is 0 Å². The fourth-order valence-electron chi connectivity index (χ4n) is 0. The van der Waals surface area contributed by atoms with Gasteiger partial charge in [-0.05, 0) is 20.0 Å². The van der Waals surface area contributed by atoms with Crippen molar-refractivity contribution in [3.05, 3.63) is 0 Å². The van der Waals surface area contributed by atoms with Gasteiger partial charge < -0.3 is 24.5 Å². The van der Waals surface area contributed by atoms with Crippen molar-refractivity contribution >= 4 is 26.4 Å². The number of hydrogen-bond donors (Lipinski definition) is 2. The molecule has 5 nitrogen and oxygen atoms in total. The molecule has 0 aliphatic rings. The van der Waals surface area contributed by atoms with E-state index in [9.17, 15) is 0 Å². The van der Waals surface area contributed by atoms with Crippen LogP contribution in [0.5, 0.6) is 0 Å². The van der Waals surface area contributed by atoms with Gasteiger partial charge in [0.1, 0.15) is 0 Å². The molecule has 0 bridgehead atoms. The van der Waals surface area contributed by atoms with Gasteiger partial charge in [-0.1, -0.05) is 0 Å². The largest absolute Gasteiger partial charge is 0.412 e. The molecule has 0 amide bonds. The van der Waals surface area contributed by atoms with Gasteiger partial charge in [-0.25, -0.2) is 0 Å². The Morgan fingerprint density at radius 2 is 0.895 bits per heavy atom. The summed E-state index contributed by atoms with van der Waals surface area (Å²) in [6.07, 6.45) is 0. The smallest absolute Gasteiger partial charge is 0.151 e. The molecule has 0 spiro atoms. The van der Waals surface area contributed by atoms with Gasteiger partial charge in [0, 0.05) is 159 Å². The summed E-state index contributed by atoms with van der Waals surface area (Å²) in [6.45, 7) is 6.29. The Kier molecular flexibility index (Phi) is 369. The minimum Gasteiger partial charge on any atom is -0.412 e. The molecule has 0 fully saturated rings. The van der Waals surface area contributed by atoms with Crippen LogP contribution in [-0.2, 0) is 138 Å². The maximum Gasteiger partial charge on any atom is 0.151 e. The molecule has 2 atom stereocenters. The van der Waals surface area contributed by atoms with Crippen LogP contribution in [0.3, 0.4) is 0 Å². The summed E-state index contributed by atoms with van der Waals surface area (Å²) in [5.41, 5.74) is 0. The molecule has 0 heterocycles. The number of aliphatic hydroxyl groups excluding tert-OH is 1. The van der Waals surface area contributed by atoms with Crippen molar-refractivity contribution in [1.82, 2.24) is 0 Å². The zero-order chi connectivity index (χ0) is 11.5. The first-order chi connectivity index (χ1) is 6.24. The van der Waals surface area contributed by atoms with Gasteiger partial charge in [-0.2, -0.15) is 0 Å². The Morgan fingerprint density at radius 3 is 0.895 bits per heavy atom. The second-order valence-electron chi connectivity index (χ2n) is 1.20. The molecule has 13 heteroatoms. The van der Waals surface area contributed by atoms with Gasteiger partial charge >= 0.3 is 0 Å². The molecule has 2 radical (unpaired) electrons. The molecule has 0 aromatic heterocycles. The van der Waals surface area contributed by atoms with Crippen LogP contribution in [0.15, 0.2) is 0 Å². The molecule has 0 aromatic carbocycles. The third kappa shape index (κ3) is 197. The predicted octanol–water partition coefficient (Wildman–Crippen LogP) is 0.685. The average molecular weight is 1000 g/mol. The number of aliphatic hydroxyl groups is 1. The van der Waals surface area contributed by atoms with E-state index < -0.39 is 0 Å². The van der Waals surface area contributed by atoms with E-state index >= 15 is 0 Å². The van der Waals surface area contributed by atoms with Crippen LogP contribution in [-0.4, -0.2) is 56.8 Å². The summed E-state index contributed by atoms with van der Waals surface area (Å²) >= 11 is 0. The molecule has 0 saturated carbocycles. The summed E-state index contributed by atoms with van der Waals surface area (Å²) in [5.74, 6) is 0. The summed E-state index contributed by atoms with van der Waals surface area (Å²) in [7, 11) is 5.50. The molecule has 0 aliphatic carbocycles. The summed E-state index contributed by atoms with van der Waals surface area (Å²) in [4.78, 5) is 7.68. The first-order valence-corrected chi connectivity index (χ1v) is 7.66. The van der Waals surface area contributed by atoms with Crippen molar-refractivity contribution in [1.29, 1.82) is 0 Å². The van der Waals surface area contributed by atoms with Crippen LogP contribution in [0, 0.1) is 0 Å². The average Bonchev–Trinajstić information content (AvgIpc) is 2.22. The molecule has 0 rings (SSSR count). The molecule has 0 saturated heterocycles. The second-order valence-corrected chi connectivity index (χ2v) is 3.61. The van der Waals surface area contributed by atoms with E-state index in [1.54, 1.807) is 7.11 Å². The van der Waals surface area contributed by atoms with Crippen molar-refractivity contribution in [2.24, 2.45) is 0 Å². The van der Waals surface area contributed by atoms with E-state index in [0.29, 0.717) is 8.81 Å². The molecule has 2 unspecified atom stereocenters. The van der Waals surface area contributed by atoms with E-state index in [2.05, 4.69) is 22.4 Å². The van der Waals surface area contributed by atoms with Crippen LogP contribution >= 0.6 is 26.4 Å². The van der Waals surface area contributed by atoms with Gasteiger partial charge in [-0.3, -0.25) is 0 Å². The Bertz CT molecular complexity index is 57.3. The zero-order valence-electron chi connectivity index (χ0n) is 12.1. The zero-order valence-corrected chi connectivity index (χ0v) is 29.6. The molecule has 118 valence electrons. The molecule has 4 N–H and O–H groups in total. The molecule has 19 heavy (non-hydrogen) atoms. The van der Waals surface area contributed by atoms with E-state index in [1.165, 1.54) is 7.11 Å². The Balaban J connectivity index is -0.00000000657. The fourth-order valence-corrected chi connectivity index (χ4v) is 0. The fraction of sp³-hybridized carbons (Fsp3) is 1.00. The predicted molar refractivity (Wildman–Crippen MR) is 70.7 cm³/mol. The maximum absolute atomic E-state index is 7.68. The van der Waals surface area contributed by atoms with Crippen LogP contribution in [0.4, 0.5) is 0 Å². The van der Waals surface area contributed by atoms with Crippen molar-refractivity contribution in [3.63, 3.8) is 0 Å². The van der Waals surface area contributed by atoms with Crippen molar-refractivity contribution in [2.45, 2.75) is 0 Å². The molecular formula is C6H25O5P3W3Y2. The first kappa shape index (κ1) is 64.5. The number of hydrogen-bond acceptors (Lipinski definition) is 4. The first-order valence-electron chi connectivity index (χ1n) is 3.40. The monoisotopic (exact) mass is 1000 g/mol. The molecule has 0 aromatic rings. The summed E-state index contributed by atoms with van der Waals surface area (Å²) in [6, 6.07) is 0. The van der Waals surface area contributed by atoms with Gasteiger partial charge in [0.25, 0.3) is 0 Å². The standard InChI is InChI=1S/C2H7OP.C2H7P.CH5O2P.CH4O.H2O.3W.2Y/c1-3-4-2;1-3-2;1-3-4-2;1-2;;;;;;/h4H,1-2H3;3H,1-2H3;2,4H,1H3;2H,1H3;1H2;;;;;. The minimum absolute atomic E-state index is 0. The third-order valence-corrected chi connectivity index (χ3v) is 0.886.